The summed E-state index contributed by atoms with van der Waals surface area (Å²) in [6.07, 6.45) is 1.20. The summed E-state index contributed by atoms with van der Waals surface area (Å²) in [6, 6.07) is 14.4. The third-order valence-electron chi connectivity index (χ3n) is 6.27. The summed E-state index contributed by atoms with van der Waals surface area (Å²) < 4.78 is 6.60. The van der Waals surface area contributed by atoms with Crippen molar-refractivity contribution in [2.24, 2.45) is 5.41 Å². The molecule has 5 rings (SSSR count). The van der Waals surface area contributed by atoms with Crippen molar-refractivity contribution in [3.05, 3.63) is 81.5 Å². The SMILES string of the molecule is COC(=O)c1ccc(C2C3=C(CC(C)(C)CC3=O)Nc3nc(SCc4ccccc4Cl)nn32)cc1. The predicted octanol–water partition coefficient (Wildman–Crippen LogP) is 5.67. The van der Waals surface area contributed by atoms with Gasteiger partial charge in [-0.15, -0.1) is 5.10 Å². The quantitative estimate of drug-likeness (QED) is 0.351. The van der Waals surface area contributed by atoms with Crippen molar-refractivity contribution < 1.29 is 14.3 Å². The van der Waals surface area contributed by atoms with Crippen LogP contribution in [0.3, 0.4) is 0 Å². The van der Waals surface area contributed by atoms with E-state index in [1.165, 1.54) is 18.9 Å². The number of anilines is 1. The Balaban J connectivity index is 1.53. The largest absolute Gasteiger partial charge is 0.465 e. The van der Waals surface area contributed by atoms with Gasteiger partial charge < -0.3 is 10.1 Å². The molecule has 1 N–H and O–H groups in total. The van der Waals surface area contributed by atoms with Gasteiger partial charge in [-0.05, 0) is 41.2 Å². The second-order valence-corrected chi connectivity index (χ2v) is 10.9. The van der Waals surface area contributed by atoms with E-state index in [0.717, 1.165) is 23.2 Å². The fourth-order valence-electron chi connectivity index (χ4n) is 4.64. The van der Waals surface area contributed by atoms with Gasteiger partial charge in [0.2, 0.25) is 11.1 Å². The molecule has 2 aromatic carbocycles. The predicted molar refractivity (Wildman–Crippen MR) is 136 cm³/mol. The highest BCUT2D eigenvalue weighted by Gasteiger charge is 2.41. The lowest BCUT2D eigenvalue weighted by Gasteiger charge is -2.38. The molecule has 180 valence electrons. The first-order chi connectivity index (χ1) is 16.8. The minimum atomic E-state index is -0.432. The van der Waals surface area contributed by atoms with E-state index >= 15 is 0 Å². The molecule has 0 spiro atoms. The second kappa shape index (κ2) is 9.17. The standard InChI is InChI=1S/C26H25ClN4O3S/c1-26(2)12-19-21(20(32)13-26)22(15-8-10-16(11-9-15)23(33)34-3)31-24(28-19)29-25(30-31)35-14-17-6-4-5-7-18(17)27/h4-11,22H,12-14H2,1-3H3,(H,28,29,30). The number of carbonyl (C=O) groups is 2. The highest BCUT2D eigenvalue weighted by Crippen LogP contribution is 2.45. The molecule has 0 saturated heterocycles. The normalized spacial score (nSPS) is 18.5. The lowest BCUT2D eigenvalue weighted by atomic mass is 9.73. The molecule has 1 aromatic heterocycles. The van der Waals surface area contributed by atoms with Gasteiger partial charge in [-0.3, -0.25) is 4.79 Å². The van der Waals surface area contributed by atoms with Crippen molar-refractivity contribution >= 4 is 41.1 Å². The third-order valence-corrected chi connectivity index (χ3v) is 7.53. The number of thioether (sulfide) groups is 1. The first kappa shape index (κ1) is 23.6. The molecule has 0 amide bonds. The van der Waals surface area contributed by atoms with Gasteiger partial charge in [0.15, 0.2) is 5.78 Å². The Kier molecular flexibility index (Phi) is 6.19. The molecule has 9 heteroatoms. The Hall–Kier alpha value is -3.10. The maximum atomic E-state index is 13.4. The van der Waals surface area contributed by atoms with Gasteiger partial charge in [-0.1, -0.05) is 67.5 Å². The number of Topliss-reactive ketones (excluding diaryl/α,β-unsaturated/α-hetero) is 1. The summed E-state index contributed by atoms with van der Waals surface area (Å²) in [4.78, 5) is 30.0. The van der Waals surface area contributed by atoms with Crippen molar-refractivity contribution in [2.45, 2.75) is 43.6 Å². The number of hydrogen-bond donors (Lipinski definition) is 1. The van der Waals surface area contributed by atoms with Crippen molar-refractivity contribution in [3.63, 3.8) is 0 Å². The van der Waals surface area contributed by atoms with Gasteiger partial charge in [0.05, 0.1) is 12.7 Å². The van der Waals surface area contributed by atoms with Crippen LogP contribution in [0.25, 0.3) is 0 Å². The van der Waals surface area contributed by atoms with E-state index in [4.69, 9.17) is 26.4 Å². The monoisotopic (exact) mass is 508 g/mol. The Labute approximate surface area is 212 Å². The summed E-state index contributed by atoms with van der Waals surface area (Å²) >= 11 is 7.81. The number of aromatic nitrogens is 3. The number of esters is 1. The van der Waals surface area contributed by atoms with Crippen LogP contribution in [0.15, 0.2) is 65.0 Å². The average molecular weight is 509 g/mol. The summed E-state index contributed by atoms with van der Waals surface area (Å²) in [7, 11) is 1.35. The van der Waals surface area contributed by atoms with Crippen LogP contribution in [-0.2, 0) is 15.3 Å². The molecule has 3 aromatic rings. The van der Waals surface area contributed by atoms with Crippen LogP contribution in [0.4, 0.5) is 5.95 Å². The zero-order valence-corrected chi connectivity index (χ0v) is 21.2. The Morgan fingerprint density at radius 2 is 1.94 bits per heavy atom. The molecule has 0 fully saturated rings. The first-order valence-corrected chi connectivity index (χ1v) is 12.7. The second-order valence-electron chi connectivity index (χ2n) is 9.52. The Morgan fingerprint density at radius 3 is 2.66 bits per heavy atom. The lowest BCUT2D eigenvalue weighted by Crippen LogP contribution is -2.36. The number of rotatable bonds is 5. The fourth-order valence-corrected chi connectivity index (χ4v) is 5.75. The molecule has 0 radical (unpaired) electrons. The third kappa shape index (κ3) is 4.60. The van der Waals surface area contributed by atoms with E-state index in [0.29, 0.717) is 39.4 Å². The molecule has 0 bridgehead atoms. The fraction of sp³-hybridized carbons (Fsp3) is 0.308. The topological polar surface area (TPSA) is 86.1 Å². The van der Waals surface area contributed by atoms with Gasteiger partial charge in [0.25, 0.3) is 0 Å². The molecule has 7 nitrogen and oxygen atoms in total. The number of ether oxygens (including phenoxy) is 1. The van der Waals surface area contributed by atoms with Crippen LogP contribution in [0.5, 0.6) is 0 Å². The van der Waals surface area contributed by atoms with Crippen molar-refractivity contribution in [1.82, 2.24) is 14.8 Å². The summed E-state index contributed by atoms with van der Waals surface area (Å²) in [5, 5.41) is 9.46. The maximum Gasteiger partial charge on any atom is 0.337 e. The Morgan fingerprint density at radius 1 is 1.20 bits per heavy atom. The van der Waals surface area contributed by atoms with Crippen LogP contribution in [-0.4, -0.2) is 33.6 Å². The van der Waals surface area contributed by atoms with Crippen LogP contribution in [0, 0.1) is 5.41 Å². The van der Waals surface area contributed by atoms with E-state index in [-0.39, 0.29) is 11.2 Å². The van der Waals surface area contributed by atoms with E-state index in [2.05, 4.69) is 19.2 Å². The van der Waals surface area contributed by atoms with Crippen LogP contribution in [0.2, 0.25) is 5.02 Å². The van der Waals surface area contributed by atoms with E-state index < -0.39 is 12.0 Å². The van der Waals surface area contributed by atoms with Crippen LogP contribution < -0.4 is 5.32 Å². The number of fused-ring (bicyclic) bond motifs is 1. The highest BCUT2D eigenvalue weighted by atomic mass is 35.5. The molecule has 35 heavy (non-hydrogen) atoms. The maximum absolute atomic E-state index is 13.4. The van der Waals surface area contributed by atoms with Crippen LogP contribution >= 0.6 is 23.4 Å². The summed E-state index contributed by atoms with van der Waals surface area (Å²) in [5.74, 6) is 0.910. The molecule has 0 saturated carbocycles. The number of hydrogen-bond acceptors (Lipinski definition) is 7. The number of nitrogens with one attached hydrogen (secondary N) is 1. The number of allylic oxidation sites excluding steroid dienone is 2. The molecule has 1 aliphatic heterocycles. The van der Waals surface area contributed by atoms with Gasteiger partial charge in [0.1, 0.15) is 6.04 Å². The number of methoxy groups -OCH3 is 1. The number of nitrogens with zero attached hydrogens (tertiary/aromatic N) is 3. The first-order valence-electron chi connectivity index (χ1n) is 11.3. The van der Waals surface area contributed by atoms with Gasteiger partial charge in [-0.2, -0.15) is 4.98 Å². The molecular formula is C26H25ClN4O3S. The molecule has 2 heterocycles. The lowest BCUT2D eigenvalue weighted by molar-refractivity contribution is -0.118. The zero-order valence-electron chi connectivity index (χ0n) is 19.7. The number of carbonyl (C=O) groups excluding carboxylic acids is 2. The van der Waals surface area contributed by atoms with Crippen molar-refractivity contribution in [1.29, 1.82) is 0 Å². The van der Waals surface area contributed by atoms with E-state index in [1.54, 1.807) is 16.8 Å². The van der Waals surface area contributed by atoms with Crippen LogP contribution in [0.1, 0.15) is 54.2 Å². The smallest absolute Gasteiger partial charge is 0.337 e. The van der Waals surface area contributed by atoms with Crippen molar-refractivity contribution in [2.75, 3.05) is 12.4 Å². The van der Waals surface area contributed by atoms with E-state index in [1.807, 2.05) is 36.4 Å². The zero-order chi connectivity index (χ0) is 24.7. The van der Waals surface area contributed by atoms with Crippen molar-refractivity contribution in [3.8, 4) is 0 Å². The number of benzene rings is 2. The molecular weight excluding hydrogens is 484 g/mol. The van der Waals surface area contributed by atoms with Gasteiger partial charge in [-0.25, -0.2) is 9.48 Å². The molecule has 1 atom stereocenters. The van der Waals surface area contributed by atoms with E-state index in [9.17, 15) is 9.59 Å². The molecule has 2 aliphatic rings. The van der Waals surface area contributed by atoms with Gasteiger partial charge >= 0.3 is 5.97 Å². The summed E-state index contributed by atoms with van der Waals surface area (Å²) in [5.41, 5.74) is 3.75. The summed E-state index contributed by atoms with van der Waals surface area (Å²) in [6.45, 7) is 4.20. The minimum Gasteiger partial charge on any atom is -0.465 e. The van der Waals surface area contributed by atoms with Gasteiger partial charge in [0, 0.05) is 28.5 Å². The number of halogens is 1. The Bertz CT molecular complexity index is 1350. The number of ketones is 1. The minimum absolute atomic E-state index is 0.0946. The highest BCUT2D eigenvalue weighted by molar-refractivity contribution is 7.98. The molecule has 1 aliphatic carbocycles. The average Bonchev–Trinajstić information content (AvgIpc) is 3.23. The molecule has 1 unspecified atom stereocenters.